The Morgan fingerprint density at radius 3 is 2.50 bits per heavy atom. The van der Waals surface area contributed by atoms with Gasteiger partial charge in [-0.15, -0.1) is 10.2 Å². The van der Waals surface area contributed by atoms with E-state index in [1.54, 1.807) is 18.2 Å². The third-order valence-electron chi connectivity index (χ3n) is 1.72. The summed E-state index contributed by atoms with van der Waals surface area (Å²) in [4.78, 5) is 4.04. The van der Waals surface area contributed by atoms with Crippen molar-refractivity contribution in [2.24, 2.45) is 0 Å². The highest BCUT2D eigenvalue weighted by atomic mass is 15.4. The lowest BCUT2D eigenvalue weighted by molar-refractivity contribution is 1.01. The van der Waals surface area contributed by atoms with E-state index in [1.807, 2.05) is 0 Å². The summed E-state index contributed by atoms with van der Waals surface area (Å²) in [5, 5.41) is 7.38. The average molecular weight is 191 g/mol. The summed E-state index contributed by atoms with van der Waals surface area (Å²) in [5.41, 5.74) is 11.5. The third kappa shape index (κ3) is 1.20. The molecule has 2 rings (SSSR count). The zero-order valence-electron chi connectivity index (χ0n) is 7.25. The van der Waals surface area contributed by atoms with Crippen molar-refractivity contribution in [1.82, 2.24) is 19.9 Å². The standard InChI is InChI=1S/C7H9N7/c8-5-3-1-2-4(11-5)6-12-13-7(9)14(6)10/h1-3H,10H2,(H2,8,11)(H2,9,13). The molecular formula is C7H9N7. The molecule has 14 heavy (non-hydrogen) atoms. The zero-order valence-corrected chi connectivity index (χ0v) is 7.25. The van der Waals surface area contributed by atoms with Gasteiger partial charge in [-0.2, -0.15) is 0 Å². The molecule has 72 valence electrons. The third-order valence-corrected chi connectivity index (χ3v) is 1.72. The first kappa shape index (κ1) is 8.30. The van der Waals surface area contributed by atoms with Crippen LogP contribution in [0.15, 0.2) is 18.2 Å². The fraction of sp³-hybridized carbons (Fsp3) is 0. The molecule has 0 fully saturated rings. The Bertz CT molecular complexity index is 461. The normalized spacial score (nSPS) is 10.3. The van der Waals surface area contributed by atoms with Gasteiger partial charge in [0.1, 0.15) is 11.5 Å². The summed E-state index contributed by atoms with van der Waals surface area (Å²) < 4.78 is 1.15. The maximum Gasteiger partial charge on any atom is 0.241 e. The molecule has 6 N–H and O–H groups in total. The number of pyridine rings is 1. The number of nitrogens with two attached hydrogens (primary N) is 3. The number of hydrogen-bond acceptors (Lipinski definition) is 6. The van der Waals surface area contributed by atoms with E-state index in [-0.39, 0.29) is 5.95 Å². The van der Waals surface area contributed by atoms with Crippen LogP contribution in [0, 0.1) is 0 Å². The highest BCUT2D eigenvalue weighted by molar-refractivity contribution is 5.54. The molecule has 0 amide bonds. The van der Waals surface area contributed by atoms with Crippen LogP contribution >= 0.6 is 0 Å². The highest BCUT2D eigenvalue weighted by Gasteiger charge is 2.09. The first-order chi connectivity index (χ1) is 6.68. The summed E-state index contributed by atoms with van der Waals surface area (Å²) in [6.45, 7) is 0. The maximum absolute atomic E-state index is 5.57. The van der Waals surface area contributed by atoms with Crippen molar-refractivity contribution < 1.29 is 0 Å². The van der Waals surface area contributed by atoms with Crippen LogP contribution in [0.2, 0.25) is 0 Å². The van der Waals surface area contributed by atoms with Gasteiger partial charge in [0.15, 0.2) is 0 Å². The van der Waals surface area contributed by atoms with Crippen LogP contribution in [-0.2, 0) is 0 Å². The van der Waals surface area contributed by atoms with Gasteiger partial charge in [0, 0.05) is 0 Å². The van der Waals surface area contributed by atoms with E-state index in [2.05, 4.69) is 15.2 Å². The minimum Gasteiger partial charge on any atom is -0.384 e. The van der Waals surface area contributed by atoms with Gasteiger partial charge in [0.05, 0.1) is 0 Å². The second kappa shape index (κ2) is 2.87. The van der Waals surface area contributed by atoms with E-state index in [4.69, 9.17) is 17.3 Å². The lowest BCUT2D eigenvalue weighted by Crippen LogP contribution is -2.13. The second-order valence-electron chi connectivity index (χ2n) is 2.70. The topological polar surface area (TPSA) is 122 Å². The molecule has 0 bridgehead atoms. The molecule has 0 spiro atoms. The zero-order chi connectivity index (χ0) is 10.1. The van der Waals surface area contributed by atoms with Crippen molar-refractivity contribution in [3.63, 3.8) is 0 Å². The molecule has 0 saturated carbocycles. The molecule has 0 unspecified atom stereocenters. The smallest absolute Gasteiger partial charge is 0.241 e. The van der Waals surface area contributed by atoms with Gasteiger partial charge in [0.25, 0.3) is 0 Å². The summed E-state index contributed by atoms with van der Waals surface area (Å²) in [7, 11) is 0. The average Bonchev–Trinajstić information content (AvgIpc) is 2.48. The van der Waals surface area contributed by atoms with E-state index in [1.165, 1.54) is 0 Å². The summed E-state index contributed by atoms with van der Waals surface area (Å²) in [6, 6.07) is 5.15. The molecule has 0 aromatic carbocycles. The molecule has 0 atom stereocenters. The fourth-order valence-corrected chi connectivity index (χ4v) is 1.05. The van der Waals surface area contributed by atoms with Crippen LogP contribution in [0.1, 0.15) is 0 Å². The van der Waals surface area contributed by atoms with Crippen LogP contribution in [0.4, 0.5) is 11.8 Å². The van der Waals surface area contributed by atoms with Gasteiger partial charge in [-0.1, -0.05) is 6.07 Å². The lowest BCUT2D eigenvalue weighted by Gasteiger charge is -2.00. The first-order valence-corrected chi connectivity index (χ1v) is 3.87. The van der Waals surface area contributed by atoms with Gasteiger partial charge in [0.2, 0.25) is 11.8 Å². The second-order valence-corrected chi connectivity index (χ2v) is 2.70. The van der Waals surface area contributed by atoms with E-state index >= 15 is 0 Å². The Labute approximate surface area is 79.5 Å². The summed E-state index contributed by atoms with van der Waals surface area (Å²) in [5.74, 6) is 6.48. The summed E-state index contributed by atoms with van der Waals surface area (Å²) >= 11 is 0. The molecular weight excluding hydrogens is 182 g/mol. The van der Waals surface area contributed by atoms with Crippen molar-refractivity contribution in [3.05, 3.63) is 18.2 Å². The number of aromatic nitrogens is 4. The lowest BCUT2D eigenvalue weighted by atomic mass is 10.3. The van der Waals surface area contributed by atoms with Crippen LogP contribution in [0.3, 0.4) is 0 Å². The molecule has 7 heteroatoms. The van der Waals surface area contributed by atoms with Crippen molar-refractivity contribution >= 4 is 11.8 Å². The van der Waals surface area contributed by atoms with Crippen molar-refractivity contribution in [2.75, 3.05) is 17.3 Å². The van der Waals surface area contributed by atoms with E-state index < -0.39 is 0 Å². The van der Waals surface area contributed by atoms with E-state index in [9.17, 15) is 0 Å². The molecule has 7 nitrogen and oxygen atoms in total. The minimum absolute atomic E-state index is 0.129. The van der Waals surface area contributed by atoms with Gasteiger partial charge in [-0.3, -0.25) is 0 Å². The highest BCUT2D eigenvalue weighted by Crippen LogP contribution is 2.14. The van der Waals surface area contributed by atoms with Crippen LogP contribution in [0.25, 0.3) is 11.5 Å². The Hall–Kier alpha value is -2.31. The Kier molecular flexibility index (Phi) is 1.70. The molecule has 0 radical (unpaired) electrons. The Morgan fingerprint density at radius 1 is 1.14 bits per heavy atom. The van der Waals surface area contributed by atoms with Gasteiger partial charge in [-0.25, -0.2) is 9.66 Å². The van der Waals surface area contributed by atoms with E-state index in [0.29, 0.717) is 17.3 Å². The first-order valence-electron chi connectivity index (χ1n) is 3.87. The predicted molar refractivity (Wildman–Crippen MR) is 52.2 cm³/mol. The van der Waals surface area contributed by atoms with Crippen molar-refractivity contribution in [3.8, 4) is 11.5 Å². The number of hydrogen-bond donors (Lipinski definition) is 3. The van der Waals surface area contributed by atoms with Crippen LogP contribution < -0.4 is 17.3 Å². The number of nitrogen functional groups attached to an aromatic ring is 3. The molecule has 2 aromatic rings. The molecule has 0 aliphatic rings. The van der Waals surface area contributed by atoms with Crippen molar-refractivity contribution in [2.45, 2.75) is 0 Å². The van der Waals surface area contributed by atoms with Crippen molar-refractivity contribution in [1.29, 1.82) is 0 Å². The SMILES string of the molecule is Nc1cccc(-c2nnc(N)n2N)n1. The van der Waals surface area contributed by atoms with Gasteiger partial charge in [-0.05, 0) is 12.1 Å². The minimum atomic E-state index is 0.129. The Balaban J connectivity index is 2.55. The summed E-state index contributed by atoms with van der Waals surface area (Å²) in [6.07, 6.45) is 0. The fourth-order valence-electron chi connectivity index (χ4n) is 1.05. The number of rotatable bonds is 1. The van der Waals surface area contributed by atoms with Crippen LogP contribution in [-0.4, -0.2) is 19.9 Å². The van der Waals surface area contributed by atoms with Gasteiger partial charge >= 0.3 is 0 Å². The maximum atomic E-state index is 5.57. The van der Waals surface area contributed by atoms with E-state index in [0.717, 1.165) is 4.68 Å². The molecule has 0 aliphatic carbocycles. The molecule has 0 aliphatic heterocycles. The molecule has 0 saturated heterocycles. The number of anilines is 2. The largest absolute Gasteiger partial charge is 0.384 e. The Morgan fingerprint density at radius 2 is 1.93 bits per heavy atom. The van der Waals surface area contributed by atoms with Crippen LogP contribution in [0.5, 0.6) is 0 Å². The quantitative estimate of drug-likeness (QED) is 0.508. The monoisotopic (exact) mass is 191 g/mol. The molecule has 2 aromatic heterocycles. The predicted octanol–water partition coefficient (Wildman–Crippen LogP) is -0.782. The van der Waals surface area contributed by atoms with Gasteiger partial charge < -0.3 is 17.3 Å². The number of nitrogens with zero attached hydrogens (tertiary/aromatic N) is 4. The molecule has 2 heterocycles.